The molecule has 7 heteroatoms. The molecule has 0 saturated heterocycles. The minimum Gasteiger partial charge on any atom is -0.497 e. The summed E-state index contributed by atoms with van der Waals surface area (Å²) in [6, 6.07) is 12.5. The Hall–Kier alpha value is -2.38. The molecule has 146 valence electrons. The van der Waals surface area contributed by atoms with Crippen LogP contribution in [0.2, 0.25) is 0 Å². The molecule has 0 aliphatic heterocycles. The summed E-state index contributed by atoms with van der Waals surface area (Å²) in [7, 11) is -2.14. The zero-order valence-electron chi connectivity index (χ0n) is 16.2. The van der Waals surface area contributed by atoms with Crippen molar-refractivity contribution < 1.29 is 17.9 Å². The quantitative estimate of drug-likeness (QED) is 0.752. The average molecular weight is 391 g/mol. The van der Waals surface area contributed by atoms with Gasteiger partial charge in [0.25, 0.3) is 0 Å². The van der Waals surface area contributed by atoms with Crippen molar-refractivity contribution in [3.8, 4) is 5.75 Å². The van der Waals surface area contributed by atoms with Crippen LogP contribution >= 0.6 is 0 Å². The molecule has 0 aliphatic carbocycles. The molecule has 0 heterocycles. The van der Waals surface area contributed by atoms with Crippen LogP contribution in [0.4, 0.5) is 5.69 Å². The van der Waals surface area contributed by atoms with Crippen LogP contribution in [-0.2, 0) is 21.2 Å². The number of carbonyl (C=O) groups excluding carboxylic acids is 1. The number of sulfonamides is 1. The molecule has 2 aromatic carbocycles. The van der Waals surface area contributed by atoms with E-state index in [1.165, 1.54) is 25.7 Å². The normalized spacial score (nSPS) is 11.3. The zero-order chi connectivity index (χ0) is 20.0. The molecule has 0 bridgehead atoms. The van der Waals surface area contributed by atoms with Gasteiger partial charge in [-0.15, -0.1) is 0 Å². The molecule has 0 saturated carbocycles. The highest BCUT2D eigenvalue weighted by Crippen LogP contribution is 2.21. The first-order valence-electron chi connectivity index (χ1n) is 8.80. The highest BCUT2D eigenvalue weighted by molar-refractivity contribution is 7.89. The van der Waals surface area contributed by atoms with Crippen LogP contribution in [0.15, 0.2) is 47.4 Å². The smallest absolute Gasteiger partial charge is 0.240 e. The van der Waals surface area contributed by atoms with Crippen LogP contribution in [0.25, 0.3) is 0 Å². The number of carbonyl (C=O) groups is 1. The summed E-state index contributed by atoms with van der Waals surface area (Å²) in [5.41, 5.74) is 2.53. The standard InChI is InChI=1S/C20H26N2O4S/c1-5-17-6-8-18(9-7-17)22(16(3)23)13-12-21-27(24,25)20-11-10-19(26-4)14-15(20)2/h6-11,14,21H,5,12-13H2,1-4H3. The number of benzene rings is 2. The Morgan fingerprint density at radius 3 is 2.33 bits per heavy atom. The molecule has 2 aromatic rings. The Morgan fingerprint density at radius 1 is 1.15 bits per heavy atom. The number of methoxy groups -OCH3 is 1. The van der Waals surface area contributed by atoms with Crippen molar-refractivity contribution in [2.75, 3.05) is 25.1 Å². The average Bonchev–Trinajstić information content (AvgIpc) is 2.64. The Balaban J connectivity index is 2.08. The number of rotatable bonds is 8. The fourth-order valence-corrected chi connectivity index (χ4v) is 4.05. The summed E-state index contributed by atoms with van der Waals surface area (Å²) in [6.07, 6.45) is 0.918. The topological polar surface area (TPSA) is 75.7 Å². The Labute approximate surface area is 161 Å². The number of anilines is 1. The van der Waals surface area contributed by atoms with Gasteiger partial charge < -0.3 is 9.64 Å². The van der Waals surface area contributed by atoms with E-state index < -0.39 is 10.0 Å². The van der Waals surface area contributed by atoms with Crippen molar-refractivity contribution in [3.05, 3.63) is 53.6 Å². The predicted molar refractivity (Wildman–Crippen MR) is 107 cm³/mol. The molecule has 0 fully saturated rings. The van der Waals surface area contributed by atoms with E-state index in [2.05, 4.69) is 11.6 Å². The van der Waals surface area contributed by atoms with Gasteiger partial charge in [-0.1, -0.05) is 19.1 Å². The van der Waals surface area contributed by atoms with Gasteiger partial charge >= 0.3 is 0 Å². The number of amides is 1. The van der Waals surface area contributed by atoms with E-state index in [1.54, 1.807) is 24.0 Å². The van der Waals surface area contributed by atoms with Gasteiger partial charge in [0.1, 0.15) is 5.75 Å². The minimum atomic E-state index is -3.67. The van der Waals surface area contributed by atoms with E-state index in [0.717, 1.165) is 12.1 Å². The summed E-state index contributed by atoms with van der Waals surface area (Å²) in [5.74, 6) is 0.462. The lowest BCUT2D eigenvalue weighted by molar-refractivity contribution is -0.116. The van der Waals surface area contributed by atoms with Crippen LogP contribution in [0.5, 0.6) is 5.75 Å². The molecule has 0 spiro atoms. The lowest BCUT2D eigenvalue weighted by Gasteiger charge is -2.22. The van der Waals surface area contributed by atoms with E-state index in [1.807, 2.05) is 24.3 Å². The first-order chi connectivity index (χ1) is 12.8. The van der Waals surface area contributed by atoms with Crippen LogP contribution in [-0.4, -0.2) is 34.5 Å². The van der Waals surface area contributed by atoms with Crippen molar-refractivity contribution in [1.82, 2.24) is 4.72 Å². The first-order valence-corrected chi connectivity index (χ1v) is 10.3. The van der Waals surface area contributed by atoms with E-state index in [0.29, 0.717) is 11.3 Å². The van der Waals surface area contributed by atoms with Gasteiger partial charge in [-0.3, -0.25) is 4.79 Å². The number of nitrogens with one attached hydrogen (secondary N) is 1. The zero-order valence-corrected chi connectivity index (χ0v) is 17.0. The molecule has 0 radical (unpaired) electrons. The molecule has 0 aliphatic rings. The Bertz CT molecular complexity index is 893. The molecule has 6 nitrogen and oxygen atoms in total. The molecule has 27 heavy (non-hydrogen) atoms. The van der Waals surface area contributed by atoms with Crippen LogP contribution in [0.1, 0.15) is 25.0 Å². The van der Waals surface area contributed by atoms with E-state index in [4.69, 9.17) is 4.74 Å². The van der Waals surface area contributed by atoms with E-state index in [9.17, 15) is 13.2 Å². The summed E-state index contributed by atoms with van der Waals surface area (Å²) >= 11 is 0. The van der Waals surface area contributed by atoms with Crippen molar-refractivity contribution in [1.29, 1.82) is 0 Å². The number of nitrogens with zero attached hydrogens (tertiary/aromatic N) is 1. The van der Waals surface area contributed by atoms with Gasteiger partial charge in [0, 0.05) is 25.7 Å². The van der Waals surface area contributed by atoms with Gasteiger partial charge in [0.05, 0.1) is 12.0 Å². The van der Waals surface area contributed by atoms with Gasteiger partial charge in [-0.2, -0.15) is 0 Å². The van der Waals surface area contributed by atoms with Crippen molar-refractivity contribution in [3.63, 3.8) is 0 Å². The SMILES string of the molecule is CCc1ccc(N(CCNS(=O)(=O)c2ccc(OC)cc2C)C(C)=O)cc1. The second kappa shape index (κ2) is 9.01. The van der Waals surface area contributed by atoms with Crippen LogP contribution < -0.4 is 14.4 Å². The third-order valence-corrected chi connectivity index (χ3v) is 5.96. The van der Waals surface area contributed by atoms with E-state index in [-0.39, 0.29) is 23.9 Å². The molecule has 2 rings (SSSR count). The maximum absolute atomic E-state index is 12.6. The third kappa shape index (κ3) is 5.30. The largest absolute Gasteiger partial charge is 0.497 e. The fourth-order valence-electron chi connectivity index (χ4n) is 2.80. The summed E-state index contributed by atoms with van der Waals surface area (Å²) in [5, 5.41) is 0. The van der Waals surface area contributed by atoms with Gasteiger partial charge in [-0.25, -0.2) is 13.1 Å². The maximum Gasteiger partial charge on any atom is 0.240 e. The van der Waals surface area contributed by atoms with E-state index >= 15 is 0 Å². The number of hydrogen-bond donors (Lipinski definition) is 1. The Morgan fingerprint density at radius 2 is 1.81 bits per heavy atom. The number of aryl methyl sites for hydroxylation is 2. The highest BCUT2D eigenvalue weighted by atomic mass is 32.2. The Kier molecular flexibility index (Phi) is 6.98. The monoisotopic (exact) mass is 390 g/mol. The van der Waals surface area contributed by atoms with Gasteiger partial charge in [-0.05, 0) is 54.8 Å². The van der Waals surface area contributed by atoms with Crippen LogP contribution in [0.3, 0.4) is 0 Å². The molecule has 1 amide bonds. The molecule has 0 aromatic heterocycles. The van der Waals surface area contributed by atoms with Gasteiger partial charge in [0.2, 0.25) is 15.9 Å². The second-order valence-electron chi connectivity index (χ2n) is 6.22. The molecule has 0 unspecified atom stereocenters. The summed E-state index contributed by atoms with van der Waals surface area (Å²) in [4.78, 5) is 13.7. The molecule has 0 atom stereocenters. The van der Waals surface area contributed by atoms with Crippen molar-refractivity contribution >= 4 is 21.6 Å². The van der Waals surface area contributed by atoms with Crippen LogP contribution in [0, 0.1) is 6.92 Å². The summed E-state index contributed by atoms with van der Waals surface area (Å²) < 4.78 is 32.8. The maximum atomic E-state index is 12.6. The fraction of sp³-hybridized carbons (Fsp3) is 0.350. The third-order valence-electron chi connectivity index (χ3n) is 4.34. The lowest BCUT2D eigenvalue weighted by Crippen LogP contribution is -2.37. The second-order valence-corrected chi connectivity index (χ2v) is 7.96. The van der Waals surface area contributed by atoms with Crippen molar-refractivity contribution in [2.24, 2.45) is 0 Å². The first kappa shape index (κ1) is 20.9. The molecular formula is C20H26N2O4S. The van der Waals surface area contributed by atoms with Crippen molar-refractivity contribution in [2.45, 2.75) is 32.1 Å². The lowest BCUT2D eigenvalue weighted by atomic mass is 10.1. The predicted octanol–water partition coefficient (Wildman–Crippen LogP) is 2.90. The molecular weight excluding hydrogens is 364 g/mol. The number of ether oxygens (including phenoxy) is 1. The summed E-state index contributed by atoms with van der Waals surface area (Å²) in [6.45, 7) is 5.61. The number of hydrogen-bond acceptors (Lipinski definition) is 4. The van der Waals surface area contributed by atoms with Gasteiger partial charge in [0.15, 0.2) is 0 Å². The minimum absolute atomic E-state index is 0.114. The highest BCUT2D eigenvalue weighted by Gasteiger charge is 2.18. The molecule has 1 N–H and O–H groups in total.